The van der Waals surface area contributed by atoms with Crippen LogP contribution in [0.5, 0.6) is 5.75 Å². The molecule has 0 aliphatic carbocycles. The summed E-state index contributed by atoms with van der Waals surface area (Å²) >= 11 is 3.38. The van der Waals surface area contributed by atoms with E-state index in [1.165, 1.54) is 0 Å². The van der Waals surface area contributed by atoms with Crippen molar-refractivity contribution >= 4 is 21.6 Å². The SMILES string of the molecule is CC1Nc2cccc(Br)c2OC1C#N. The lowest BCUT2D eigenvalue weighted by Crippen LogP contribution is -2.38. The van der Waals surface area contributed by atoms with Crippen LogP contribution in [0, 0.1) is 11.3 Å². The van der Waals surface area contributed by atoms with Crippen LogP contribution in [0.1, 0.15) is 6.92 Å². The number of nitriles is 1. The van der Waals surface area contributed by atoms with Gasteiger partial charge in [0.1, 0.15) is 6.07 Å². The van der Waals surface area contributed by atoms with Crippen LogP contribution in [0.25, 0.3) is 0 Å². The molecule has 1 aliphatic rings. The lowest BCUT2D eigenvalue weighted by Gasteiger charge is -2.29. The third-order valence-electron chi connectivity index (χ3n) is 2.18. The highest BCUT2D eigenvalue weighted by atomic mass is 79.9. The van der Waals surface area contributed by atoms with E-state index >= 15 is 0 Å². The Morgan fingerprint density at radius 1 is 1.57 bits per heavy atom. The fourth-order valence-corrected chi connectivity index (χ4v) is 1.89. The van der Waals surface area contributed by atoms with Gasteiger partial charge < -0.3 is 10.1 Å². The van der Waals surface area contributed by atoms with Gasteiger partial charge in [-0.3, -0.25) is 0 Å². The summed E-state index contributed by atoms with van der Waals surface area (Å²) in [5.41, 5.74) is 0.929. The Morgan fingerprint density at radius 2 is 2.36 bits per heavy atom. The van der Waals surface area contributed by atoms with Crippen molar-refractivity contribution in [3.05, 3.63) is 22.7 Å². The molecule has 2 atom stereocenters. The second-order valence-corrected chi connectivity index (χ2v) is 4.07. The Hall–Kier alpha value is -1.21. The molecule has 0 saturated heterocycles. The Labute approximate surface area is 90.8 Å². The third-order valence-corrected chi connectivity index (χ3v) is 2.80. The van der Waals surface area contributed by atoms with Crippen LogP contribution in [0.15, 0.2) is 22.7 Å². The molecule has 0 bridgehead atoms. The van der Waals surface area contributed by atoms with Crippen molar-refractivity contribution in [3.63, 3.8) is 0 Å². The van der Waals surface area contributed by atoms with E-state index in [2.05, 4.69) is 27.3 Å². The molecule has 0 amide bonds. The van der Waals surface area contributed by atoms with Crippen molar-refractivity contribution in [2.45, 2.75) is 19.1 Å². The van der Waals surface area contributed by atoms with E-state index in [1.54, 1.807) is 0 Å². The number of hydrogen-bond acceptors (Lipinski definition) is 3. The van der Waals surface area contributed by atoms with Gasteiger partial charge in [0.15, 0.2) is 5.75 Å². The molecule has 14 heavy (non-hydrogen) atoms. The molecule has 0 radical (unpaired) electrons. The minimum atomic E-state index is -0.429. The first-order chi connectivity index (χ1) is 6.72. The highest BCUT2D eigenvalue weighted by Gasteiger charge is 2.26. The average Bonchev–Trinajstić information content (AvgIpc) is 2.17. The van der Waals surface area contributed by atoms with Gasteiger partial charge in [0.2, 0.25) is 6.10 Å². The Balaban J connectivity index is 2.42. The molecule has 3 nitrogen and oxygen atoms in total. The van der Waals surface area contributed by atoms with Crippen LogP contribution in [0.3, 0.4) is 0 Å². The largest absolute Gasteiger partial charge is 0.470 e. The molecule has 1 N–H and O–H groups in total. The van der Waals surface area contributed by atoms with Gasteiger partial charge in [0, 0.05) is 0 Å². The average molecular weight is 253 g/mol. The molecule has 4 heteroatoms. The molecule has 0 fully saturated rings. The van der Waals surface area contributed by atoms with Gasteiger partial charge in [-0.1, -0.05) is 6.07 Å². The molecule has 2 rings (SSSR count). The van der Waals surface area contributed by atoms with E-state index < -0.39 is 6.10 Å². The number of fused-ring (bicyclic) bond motifs is 1. The summed E-state index contributed by atoms with van der Waals surface area (Å²) in [6, 6.07) is 7.89. The van der Waals surface area contributed by atoms with Gasteiger partial charge in [-0.25, -0.2) is 0 Å². The predicted molar refractivity (Wildman–Crippen MR) is 57.3 cm³/mol. The number of halogens is 1. The van der Waals surface area contributed by atoms with Crippen molar-refractivity contribution in [2.75, 3.05) is 5.32 Å². The van der Waals surface area contributed by atoms with Crippen LogP contribution in [-0.2, 0) is 0 Å². The molecule has 0 spiro atoms. The van der Waals surface area contributed by atoms with Gasteiger partial charge in [0.05, 0.1) is 16.2 Å². The van der Waals surface area contributed by atoms with E-state index in [4.69, 9.17) is 10.00 Å². The quantitative estimate of drug-likeness (QED) is 0.772. The zero-order valence-corrected chi connectivity index (χ0v) is 9.21. The first-order valence-corrected chi connectivity index (χ1v) is 5.13. The highest BCUT2D eigenvalue weighted by Crippen LogP contribution is 2.37. The van der Waals surface area contributed by atoms with Crippen LogP contribution in [0.2, 0.25) is 0 Å². The molecule has 0 aromatic heterocycles. The van der Waals surface area contributed by atoms with Crippen molar-refractivity contribution in [1.29, 1.82) is 5.26 Å². The maximum absolute atomic E-state index is 8.85. The Morgan fingerprint density at radius 3 is 3.07 bits per heavy atom. The molecule has 1 aromatic carbocycles. The minimum Gasteiger partial charge on any atom is -0.470 e. The second-order valence-electron chi connectivity index (χ2n) is 3.22. The van der Waals surface area contributed by atoms with Gasteiger partial charge in [-0.05, 0) is 35.0 Å². The van der Waals surface area contributed by atoms with E-state index in [9.17, 15) is 0 Å². The van der Waals surface area contributed by atoms with E-state index in [-0.39, 0.29) is 6.04 Å². The topological polar surface area (TPSA) is 45.0 Å². The number of nitrogens with zero attached hydrogens (tertiary/aromatic N) is 1. The van der Waals surface area contributed by atoms with Crippen molar-refractivity contribution in [1.82, 2.24) is 0 Å². The summed E-state index contributed by atoms with van der Waals surface area (Å²) in [5.74, 6) is 0.720. The first-order valence-electron chi connectivity index (χ1n) is 4.33. The van der Waals surface area contributed by atoms with Crippen molar-refractivity contribution < 1.29 is 4.74 Å². The van der Waals surface area contributed by atoms with Crippen LogP contribution < -0.4 is 10.1 Å². The van der Waals surface area contributed by atoms with Crippen molar-refractivity contribution in [2.24, 2.45) is 0 Å². The normalized spacial score (nSPS) is 24.1. The lowest BCUT2D eigenvalue weighted by molar-refractivity contribution is 0.226. The molecule has 1 aromatic rings. The van der Waals surface area contributed by atoms with Gasteiger partial charge in [0.25, 0.3) is 0 Å². The van der Waals surface area contributed by atoms with E-state index in [1.807, 2.05) is 25.1 Å². The summed E-state index contributed by atoms with van der Waals surface area (Å²) < 4.78 is 6.42. The number of rotatable bonds is 0. The number of benzene rings is 1. The number of anilines is 1. The molecular weight excluding hydrogens is 244 g/mol. The summed E-state index contributed by atoms with van der Waals surface area (Å²) in [6.07, 6.45) is -0.429. The zero-order chi connectivity index (χ0) is 10.1. The van der Waals surface area contributed by atoms with Gasteiger partial charge in [-0.15, -0.1) is 0 Å². The molecular formula is C10H9BrN2O. The molecule has 1 aliphatic heterocycles. The number of ether oxygens (including phenoxy) is 1. The van der Waals surface area contributed by atoms with E-state index in [0.29, 0.717) is 0 Å². The zero-order valence-electron chi connectivity index (χ0n) is 7.62. The fourth-order valence-electron chi connectivity index (χ4n) is 1.43. The van der Waals surface area contributed by atoms with Crippen LogP contribution in [0.4, 0.5) is 5.69 Å². The second kappa shape index (κ2) is 3.50. The Kier molecular flexibility index (Phi) is 2.34. The Bertz CT molecular complexity index is 400. The predicted octanol–water partition coefficient (Wildman–Crippen LogP) is 2.53. The smallest absolute Gasteiger partial charge is 0.204 e. The van der Waals surface area contributed by atoms with Gasteiger partial charge in [-0.2, -0.15) is 5.26 Å². The standard InChI is InChI=1S/C10H9BrN2O/c1-6-9(5-12)14-10-7(11)3-2-4-8(10)13-6/h2-4,6,9,13H,1H3. The first kappa shape index (κ1) is 9.35. The summed E-state index contributed by atoms with van der Waals surface area (Å²) in [4.78, 5) is 0. The molecule has 72 valence electrons. The third kappa shape index (κ3) is 1.44. The maximum Gasteiger partial charge on any atom is 0.204 e. The number of nitrogens with one attached hydrogen (secondary N) is 1. The maximum atomic E-state index is 8.85. The summed E-state index contributed by atoms with van der Waals surface area (Å²) in [6.45, 7) is 1.93. The monoisotopic (exact) mass is 252 g/mol. The number of para-hydroxylation sites is 1. The van der Waals surface area contributed by atoms with E-state index in [0.717, 1.165) is 15.9 Å². The highest BCUT2D eigenvalue weighted by molar-refractivity contribution is 9.10. The van der Waals surface area contributed by atoms with Crippen molar-refractivity contribution in [3.8, 4) is 11.8 Å². The minimum absolute atomic E-state index is 0.0156. The summed E-state index contributed by atoms with van der Waals surface area (Å²) in [7, 11) is 0. The van der Waals surface area contributed by atoms with Crippen LogP contribution >= 0.6 is 15.9 Å². The fraction of sp³-hybridized carbons (Fsp3) is 0.300. The van der Waals surface area contributed by atoms with Gasteiger partial charge >= 0.3 is 0 Å². The number of hydrogen-bond donors (Lipinski definition) is 1. The molecule has 2 unspecified atom stereocenters. The van der Waals surface area contributed by atoms with Crippen LogP contribution in [-0.4, -0.2) is 12.1 Å². The summed E-state index contributed by atoms with van der Waals surface area (Å²) in [5, 5.41) is 12.1. The molecule has 1 heterocycles. The lowest BCUT2D eigenvalue weighted by atomic mass is 10.1. The molecule has 0 saturated carbocycles.